The highest BCUT2D eigenvalue weighted by Gasteiger charge is 2.17. The predicted octanol–water partition coefficient (Wildman–Crippen LogP) is 4.40. The first kappa shape index (κ1) is 19.6. The third-order valence-electron chi connectivity index (χ3n) is 4.49. The maximum atomic E-state index is 12.9. The molecule has 27 heavy (non-hydrogen) atoms. The Labute approximate surface area is 166 Å². The normalized spacial score (nSPS) is 13.4. The van der Waals surface area contributed by atoms with Gasteiger partial charge in [-0.2, -0.15) is 0 Å². The number of nitrogens with zero attached hydrogens (tertiary/aromatic N) is 2. The molecule has 1 amide bonds. The van der Waals surface area contributed by atoms with E-state index in [0.29, 0.717) is 16.1 Å². The highest BCUT2D eigenvalue weighted by atomic mass is 32.2. The van der Waals surface area contributed by atoms with Crippen molar-refractivity contribution in [2.24, 2.45) is 0 Å². The number of amides is 1. The van der Waals surface area contributed by atoms with Crippen LogP contribution in [-0.2, 0) is 4.79 Å². The van der Waals surface area contributed by atoms with Crippen molar-refractivity contribution in [2.75, 3.05) is 5.75 Å². The van der Waals surface area contributed by atoms with Crippen LogP contribution in [0.2, 0.25) is 0 Å². The van der Waals surface area contributed by atoms with Crippen LogP contribution in [0, 0.1) is 0 Å². The van der Waals surface area contributed by atoms with Crippen LogP contribution >= 0.6 is 23.1 Å². The van der Waals surface area contributed by atoms with Gasteiger partial charge in [0.05, 0.1) is 22.7 Å². The van der Waals surface area contributed by atoms with Crippen LogP contribution < -0.4 is 10.9 Å². The van der Waals surface area contributed by atoms with Gasteiger partial charge in [-0.05, 0) is 43.8 Å². The number of carbonyl (C=O) groups is 1. The zero-order valence-corrected chi connectivity index (χ0v) is 17.3. The van der Waals surface area contributed by atoms with E-state index in [0.717, 1.165) is 11.3 Å². The quantitative estimate of drug-likeness (QED) is 0.471. The van der Waals surface area contributed by atoms with Crippen molar-refractivity contribution in [3.05, 3.63) is 57.0 Å². The molecule has 0 unspecified atom stereocenters. The SMILES string of the molecule is CC[C@H](C)n1c(SCC(=O)N[C@H](C)c2cccs2)nc2ccccc2c1=O. The van der Waals surface area contributed by atoms with Gasteiger partial charge in [-0.3, -0.25) is 14.2 Å². The highest BCUT2D eigenvalue weighted by Crippen LogP contribution is 2.23. The smallest absolute Gasteiger partial charge is 0.262 e. The first-order chi connectivity index (χ1) is 13.0. The van der Waals surface area contributed by atoms with Gasteiger partial charge in [-0.15, -0.1) is 11.3 Å². The number of para-hydroxylation sites is 1. The first-order valence-corrected chi connectivity index (χ1v) is 10.8. The molecule has 1 N–H and O–H groups in total. The van der Waals surface area contributed by atoms with Crippen molar-refractivity contribution in [3.63, 3.8) is 0 Å². The van der Waals surface area contributed by atoms with Crippen LogP contribution in [0.25, 0.3) is 10.9 Å². The fourth-order valence-corrected chi connectivity index (χ4v) is 4.46. The van der Waals surface area contributed by atoms with Crippen LogP contribution in [0.4, 0.5) is 0 Å². The summed E-state index contributed by atoms with van der Waals surface area (Å²) in [6.07, 6.45) is 0.815. The molecule has 0 aliphatic carbocycles. The van der Waals surface area contributed by atoms with E-state index in [2.05, 4.69) is 10.3 Å². The lowest BCUT2D eigenvalue weighted by atomic mass is 10.2. The molecule has 3 aromatic rings. The van der Waals surface area contributed by atoms with Crippen LogP contribution in [-0.4, -0.2) is 21.2 Å². The minimum atomic E-state index is -0.0704. The van der Waals surface area contributed by atoms with Gasteiger partial charge in [0.15, 0.2) is 5.16 Å². The average molecular weight is 402 g/mol. The number of fused-ring (bicyclic) bond motifs is 1. The molecular formula is C20H23N3O2S2. The molecule has 0 aliphatic rings. The number of benzene rings is 1. The molecular weight excluding hydrogens is 378 g/mol. The molecule has 7 heteroatoms. The van der Waals surface area contributed by atoms with E-state index < -0.39 is 0 Å². The van der Waals surface area contributed by atoms with E-state index in [4.69, 9.17) is 0 Å². The van der Waals surface area contributed by atoms with Gasteiger partial charge in [0.1, 0.15) is 0 Å². The molecule has 1 aromatic carbocycles. The molecule has 2 aromatic heterocycles. The molecule has 0 fully saturated rings. The zero-order chi connectivity index (χ0) is 19.4. The second-order valence-corrected chi connectivity index (χ2v) is 8.36. The first-order valence-electron chi connectivity index (χ1n) is 8.98. The number of rotatable bonds is 7. The molecule has 142 valence electrons. The van der Waals surface area contributed by atoms with Gasteiger partial charge in [0.2, 0.25) is 5.91 Å². The predicted molar refractivity (Wildman–Crippen MR) is 113 cm³/mol. The largest absolute Gasteiger partial charge is 0.348 e. The maximum absolute atomic E-state index is 12.9. The third kappa shape index (κ3) is 4.42. The van der Waals surface area contributed by atoms with Crippen molar-refractivity contribution >= 4 is 39.9 Å². The summed E-state index contributed by atoms with van der Waals surface area (Å²) in [5.74, 6) is 0.149. The molecule has 0 aliphatic heterocycles. The Bertz CT molecular complexity index is 983. The van der Waals surface area contributed by atoms with Crippen molar-refractivity contribution in [1.29, 1.82) is 0 Å². The molecule has 5 nitrogen and oxygen atoms in total. The van der Waals surface area contributed by atoms with Crippen molar-refractivity contribution in [3.8, 4) is 0 Å². The molecule has 0 spiro atoms. The van der Waals surface area contributed by atoms with Gasteiger partial charge >= 0.3 is 0 Å². The van der Waals surface area contributed by atoms with E-state index in [9.17, 15) is 9.59 Å². The number of nitrogens with one attached hydrogen (secondary N) is 1. The monoisotopic (exact) mass is 401 g/mol. The van der Waals surface area contributed by atoms with E-state index in [1.54, 1.807) is 22.0 Å². The Kier molecular flexibility index (Phi) is 6.34. The molecule has 0 saturated carbocycles. The standard InChI is InChI=1S/C20H23N3O2S2/c1-4-13(2)23-19(25)15-8-5-6-9-16(15)22-20(23)27-12-18(24)21-14(3)17-10-7-11-26-17/h5-11,13-14H,4,12H2,1-3H3,(H,21,24)/t13-,14+/m0/s1. The second kappa shape index (κ2) is 8.71. The highest BCUT2D eigenvalue weighted by molar-refractivity contribution is 7.99. The molecule has 2 heterocycles. The minimum absolute atomic E-state index is 0.0187. The lowest BCUT2D eigenvalue weighted by molar-refractivity contribution is -0.119. The summed E-state index contributed by atoms with van der Waals surface area (Å²) in [5.41, 5.74) is 0.613. The van der Waals surface area contributed by atoms with Gasteiger partial charge in [-0.25, -0.2) is 4.98 Å². The fraction of sp³-hybridized carbons (Fsp3) is 0.350. The van der Waals surface area contributed by atoms with Crippen molar-refractivity contribution in [2.45, 2.75) is 44.4 Å². The third-order valence-corrected chi connectivity index (χ3v) is 6.49. The summed E-state index contributed by atoms with van der Waals surface area (Å²) in [6.45, 7) is 6.01. The van der Waals surface area contributed by atoms with Crippen molar-refractivity contribution < 1.29 is 4.79 Å². The number of thioether (sulfide) groups is 1. The van der Waals surface area contributed by atoms with Gasteiger partial charge in [0.25, 0.3) is 5.56 Å². The topological polar surface area (TPSA) is 64.0 Å². The summed E-state index contributed by atoms with van der Waals surface area (Å²) in [4.78, 5) is 31.1. The van der Waals surface area contributed by atoms with Crippen LogP contribution in [0.1, 0.15) is 44.2 Å². The zero-order valence-electron chi connectivity index (χ0n) is 15.6. The van der Waals surface area contributed by atoms with E-state index >= 15 is 0 Å². The minimum Gasteiger partial charge on any atom is -0.348 e. The van der Waals surface area contributed by atoms with E-state index in [-0.39, 0.29) is 29.3 Å². The van der Waals surface area contributed by atoms with Gasteiger partial charge < -0.3 is 5.32 Å². The molecule has 2 atom stereocenters. The molecule has 0 radical (unpaired) electrons. The molecule has 0 saturated heterocycles. The van der Waals surface area contributed by atoms with Crippen LogP contribution in [0.15, 0.2) is 51.7 Å². The number of hydrogen-bond acceptors (Lipinski definition) is 5. The summed E-state index contributed by atoms with van der Waals surface area (Å²) < 4.78 is 1.71. The Morgan fingerprint density at radius 1 is 1.26 bits per heavy atom. The van der Waals surface area contributed by atoms with E-state index in [1.807, 2.05) is 56.5 Å². The molecule has 0 bridgehead atoms. The summed E-state index contributed by atoms with van der Waals surface area (Å²) in [7, 11) is 0. The summed E-state index contributed by atoms with van der Waals surface area (Å²) >= 11 is 2.93. The van der Waals surface area contributed by atoms with Gasteiger partial charge in [0, 0.05) is 10.9 Å². The Hall–Kier alpha value is -2.12. The van der Waals surface area contributed by atoms with E-state index in [1.165, 1.54) is 11.8 Å². The van der Waals surface area contributed by atoms with Crippen LogP contribution in [0.5, 0.6) is 0 Å². The Morgan fingerprint density at radius 3 is 2.74 bits per heavy atom. The number of aromatic nitrogens is 2. The lowest BCUT2D eigenvalue weighted by Crippen LogP contribution is -2.29. The van der Waals surface area contributed by atoms with Crippen LogP contribution in [0.3, 0.4) is 0 Å². The Morgan fingerprint density at radius 2 is 2.04 bits per heavy atom. The molecule has 3 rings (SSSR count). The van der Waals surface area contributed by atoms with Gasteiger partial charge in [-0.1, -0.05) is 36.9 Å². The lowest BCUT2D eigenvalue weighted by Gasteiger charge is -2.18. The maximum Gasteiger partial charge on any atom is 0.262 e. The number of carbonyl (C=O) groups excluding carboxylic acids is 1. The van der Waals surface area contributed by atoms with Crippen molar-refractivity contribution in [1.82, 2.24) is 14.9 Å². The fourth-order valence-electron chi connectivity index (χ4n) is 2.82. The number of thiophene rings is 1. The summed E-state index contributed by atoms with van der Waals surface area (Å²) in [5, 5.41) is 6.20. The average Bonchev–Trinajstić information content (AvgIpc) is 3.21. The second-order valence-electron chi connectivity index (χ2n) is 6.44. The number of hydrogen-bond donors (Lipinski definition) is 1. The Balaban J connectivity index is 1.81. The summed E-state index contributed by atoms with van der Waals surface area (Å²) in [6, 6.07) is 11.3.